The van der Waals surface area contributed by atoms with Gasteiger partial charge in [0.1, 0.15) is 12.7 Å². The number of hydrogen-bond acceptors (Lipinski definition) is 3. The maximum absolute atomic E-state index is 4.59. The molecule has 222 valence electrons. The number of nitrogens with zero attached hydrogens (tertiary/aromatic N) is 5. The van der Waals surface area contributed by atoms with Gasteiger partial charge < -0.3 is 4.57 Å². The van der Waals surface area contributed by atoms with Gasteiger partial charge in [-0.05, 0) is 69.8 Å². The highest BCUT2D eigenvalue weighted by molar-refractivity contribution is 6.26. The zero-order chi connectivity index (χ0) is 31.3. The molecule has 9 aromatic rings. The average molecular weight is 604 g/mol. The van der Waals surface area contributed by atoms with Gasteiger partial charge in [-0.15, -0.1) is 0 Å². The summed E-state index contributed by atoms with van der Waals surface area (Å²) in [5.41, 5.74) is 13.5. The average Bonchev–Trinajstić information content (AvgIpc) is 3.72. The lowest BCUT2D eigenvalue weighted by molar-refractivity contribution is 0.660. The molecule has 5 nitrogen and oxygen atoms in total. The third-order valence-electron chi connectivity index (χ3n) is 10.2. The van der Waals surface area contributed by atoms with Crippen molar-refractivity contribution >= 4 is 43.6 Å². The van der Waals surface area contributed by atoms with Crippen LogP contribution in [0, 0.1) is 0 Å². The van der Waals surface area contributed by atoms with Crippen molar-refractivity contribution in [2.24, 2.45) is 0 Å². The molecule has 0 radical (unpaired) electrons. The maximum atomic E-state index is 4.59. The standard InChI is InChI=1S/C42H29N5/c1-42(2)34-12-6-3-9-29(34)33-23-27(17-21-35(33)42)26-15-18-28(19-16-26)46-37-14-8-5-11-32(37)39-38(46)22-20-31-30-10-4-7-13-36(30)47(40(31)39)41-44-24-43-25-45-41/h3-25H,1-2H3. The van der Waals surface area contributed by atoms with E-state index in [1.165, 1.54) is 54.9 Å². The van der Waals surface area contributed by atoms with Crippen molar-refractivity contribution in [3.05, 3.63) is 151 Å². The second kappa shape index (κ2) is 9.47. The van der Waals surface area contributed by atoms with Crippen LogP contribution in [-0.4, -0.2) is 24.1 Å². The predicted molar refractivity (Wildman–Crippen MR) is 192 cm³/mol. The quantitative estimate of drug-likeness (QED) is 0.202. The molecule has 0 N–H and O–H groups in total. The molecular formula is C42H29N5. The van der Waals surface area contributed by atoms with Crippen molar-refractivity contribution in [1.29, 1.82) is 0 Å². The summed E-state index contributed by atoms with van der Waals surface area (Å²) in [6.07, 6.45) is 3.13. The van der Waals surface area contributed by atoms with Crippen LogP contribution in [0.2, 0.25) is 0 Å². The van der Waals surface area contributed by atoms with Crippen LogP contribution in [0.15, 0.2) is 140 Å². The molecule has 47 heavy (non-hydrogen) atoms. The Labute approximate surface area is 271 Å². The normalized spacial score (nSPS) is 13.5. The molecule has 0 spiro atoms. The lowest BCUT2D eigenvalue weighted by Gasteiger charge is -2.21. The topological polar surface area (TPSA) is 48.5 Å². The van der Waals surface area contributed by atoms with Crippen molar-refractivity contribution in [2.75, 3.05) is 0 Å². The van der Waals surface area contributed by atoms with Crippen molar-refractivity contribution < 1.29 is 0 Å². The molecule has 0 fully saturated rings. The minimum absolute atomic E-state index is 0.00546. The number of hydrogen-bond donors (Lipinski definition) is 0. The molecule has 0 saturated carbocycles. The molecule has 0 bridgehead atoms. The van der Waals surface area contributed by atoms with Crippen molar-refractivity contribution in [3.8, 4) is 33.9 Å². The second-order valence-corrected chi connectivity index (χ2v) is 13.0. The summed E-state index contributed by atoms with van der Waals surface area (Å²) in [5, 5.41) is 4.72. The number of rotatable bonds is 3. The lowest BCUT2D eigenvalue weighted by Crippen LogP contribution is -2.14. The van der Waals surface area contributed by atoms with E-state index in [0.29, 0.717) is 5.95 Å². The first-order valence-corrected chi connectivity index (χ1v) is 16.0. The Morgan fingerprint density at radius 3 is 1.98 bits per heavy atom. The van der Waals surface area contributed by atoms with Crippen LogP contribution in [0.1, 0.15) is 25.0 Å². The summed E-state index contributed by atoms with van der Waals surface area (Å²) in [6.45, 7) is 4.66. The first kappa shape index (κ1) is 26.2. The van der Waals surface area contributed by atoms with Gasteiger partial charge in [-0.25, -0.2) is 15.0 Å². The van der Waals surface area contributed by atoms with Crippen LogP contribution in [-0.2, 0) is 5.41 Å². The van der Waals surface area contributed by atoms with E-state index in [9.17, 15) is 0 Å². The van der Waals surface area contributed by atoms with Crippen LogP contribution < -0.4 is 0 Å². The number of benzene rings is 6. The van der Waals surface area contributed by atoms with Crippen molar-refractivity contribution in [1.82, 2.24) is 24.1 Å². The summed E-state index contributed by atoms with van der Waals surface area (Å²) < 4.78 is 4.56. The monoisotopic (exact) mass is 603 g/mol. The van der Waals surface area contributed by atoms with Crippen molar-refractivity contribution in [3.63, 3.8) is 0 Å². The summed E-state index contributed by atoms with van der Waals surface area (Å²) in [7, 11) is 0. The van der Waals surface area contributed by atoms with Gasteiger partial charge in [0, 0.05) is 32.6 Å². The first-order chi connectivity index (χ1) is 23.1. The molecule has 10 rings (SSSR count). The lowest BCUT2D eigenvalue weighted by atomic mass is 9.82. The van der Waals surface area contributed by atoms with Crippen LogP contribution in [0.5, 0.6) is 0 Å². The second-order valence-electron chi connectivity index (χ2n) is 13.0. The van der Waals surface area contributed by atoms with Gasteiger partial charge >= 0.3 is 0 Å². The Morgan fingerprint density at radius 2 is 1.17 bits per heavy atom. The Bertz CT molecular complexity index is 2700. The van der Waals surface area contributed by atoms with Crippen LogP contribution >= 0.6 is 0 Å². The molecule has 3 heterocycles. The van der Waals surface area contributed by atoms with E-state index in [0.717, 1.165) is 27.8 Å². The highest BCUT2D eigenvalue weighted by Crippen LogP contribution is 2.49. The Hall–Kier alpha value is -6.07. The van der Waals surface area contributed by atoms with Gasteiger partial charge in [-0.3, -0.25) is 4.57 Å². The fourth-order valence-electron chi connectivity index (χ4n) is 8.05. The molecule has 0 amide bonds. The van der Waals surface area contributed by atoms with Crippen LogP contribution in [0.3, 0.4) is 0 Å². The molecule has 5 heteroatoms. The molecule has 1 aliphatic carbocycles. The summed E-state index contributed by atoms with van der Waals surface area (Å²) in [5.74, 6) is 0.611. The van der Waals surface area contributed by atoms with E-state index >= 15 is 0 Å². The summed E-state index contributed by atoms with van der Waals surface area (Å²) in [6, 6.07) is 46.5. The molecule has 0 unspecified atom stereocenters. The third-order valence-corrected chi connectivity index (χ3v) is 10.2. The molecule has 0 saturated heterocycles. The van der Waals surface area contributed by atoms with E-state index in [2.05, 4.69) is 165 Å². The largest absolute Gasteiger partial charge is 0.309 e. The van der Waals surface area contributed by atoms with E-state index in [1.807, 2.05) is 0 Å². The van der Waals surface area contributed by atoms with E-state index in [4.69, 9.17) is 0 Å². The zero-order valence-corrected chi connectivity index (χ0v) is 26.0. The molecule has 0 aliphatic heterocycles. The maximum Gasteiger partial charge on any atom is 0.237 e. The van der Waals surface area contributed by atoms with Gasteiger partial charge in [-0.2, -0.15) is 0 Å². The van der Waals surface area contributed by atoms with Gasteiger partial charge in [0.05, 0.1) is 22.1 Å². The minimum Gasteiger partial charge on any atom is -0.309 e. The number of fused-ring (bicyclic) bond motifs is 10. The SMILES string of the molecule is CC1(C)c2ccccc2-c2cc(-c3ccc(-n4c5ccccc5c5c4ccc4c6ccccc6n(-c6ncncn6)c45)cc3)ccc21. The molecule has 0 atom stereocenters. The van der Waals surface area contributed by atoms with Gasteiger partial charge in [-0.1, -0.05) is 105 Å². The Kier molecular flexibility index (Phi) is 5.28. The Morgan fingerprint density at radius 1 is 0.511 bits per heavy atom. The predicted octanol–water partition coefficient (Wildman–Crippen LogP) is 10.0. The third kappa shape index (κ3) is 3.57. The highest BCUT2D eigenvalue weighted by Gasteiger charge is 2.35. The smallest absolute Gasteiger partial charge is 0.237 e. The summed E-state index contributed by atoms with van der Waals surface area (Å²) in [4.78, 5) is 13.3. The zero-order valence-electron chi connectivity index (χ0n) is 26.0. The van der Waals surface area contributed by atoms with Gasteiger partial charge in [0.15, 0.2) is 0 Å². The van der Waals surface area contributed by atoms with E-state index < -0.39 is 0 Å². The number of aromatic nitrogens is 5. The fourth-order valence-corrected chi connectivity index (χ4v) is 8.05. The fraction of sp³-hybridized carbons (Fsp3) is 0.0714. The molecule has 6 aromatic carbocycles. The first-order valence-electron chi connectivity index (χ1n) is 16.0. The molecular weight excluding hydrogens is 574 g/mol. The highest BCUT2D eigenvalue weighted by atomic mass is 15.2. The van der Waals surface area contributed by atoms with Crippen LogP contribution in [0.25, 0.3) is 77.5 Å². The van der Waals surface area contributed by atoms with Crippen molar-refractivity contribution in [2.45, 2.75) is 19.3 Å². The van der Waals surface area contributed by atoms with Gasteiger partial charge in [0.25, 0.3) is 0 Å². The Balaban J connectivity index is 1.18. The molecule has 1 aliphatic rings. The van der Waals surface area contributed by atoms with E-state index in [-0.39, 0.29) is 5.41 Å². The molecule has 3 aromatic heterocycles. The number of para-hydroxylation sites is 2. The van der Waals surface area contributed by atoms with Gasteiger partial charge in [0.2, 0.25) is 5.95 Å². The summed E-state index contributed by atoms with van der Waals surface area (Å²) >= 11 is 0. The minimum atomic E-state index is 0.00546. The van der Waals surface area contributed by atoms with E-state index in [1.54, 1.807) is 12.7 Å². The van der Waals surface area contributed by atoms with Crippen LogP contribution in [0.4, 0.5) is 0 Å².